The molecule has 0 heterocycles. The molecule has 32 valence electrons. The van der Waals surface area contributed by atoms with Crippen LogP contribution < -0.4 is 0 Å². The van der Waals surface area contributed by atoms with Gasteiger partial charge < -0.3 is 0 Å². The molecule has 0 nitrogen and oxygen atoms in total. The summed E-state index contributed by atoms with van der Waals surface area (Å²) in [5.41, 5.74) is 0. The molecule has 0 aromatic carbocycles. The van der Waals surface area contributed by atoms with Crippen LogP contribution in [0.5, 0.6) is 0 Å². The van der Waals surface area contributed by atoms with Gasteiger partial charge in [0.05, 0.1) is 0 Å². The van der Waals surface area contributed by atoms with Crippen molar-refractivity contribution < 1.29 is 0 Å². The molecule has 0 radical (unpaired) electrons. The van der Waals surface area contributed by atoms with Gasteiger partial charge in [-0.15, -0.1) is 0 Å². The topological polar surface area (TPSA) is 0 Å². The average Bonchev–Trinajstić information content (AvgIpc) is 1.69. The summed E-state index contributed by atoms with van der Waals surface area (Å²) >= 11 is 4.38. The molecular weight excluding hydrogens is 337 g/mol. The Morgan fingerprint density at radius 2 is 1.43 bits per heavy atom. The Balaban J connectivity index is 2.45. The zero-order valence-corrected chi connectivity index (χ0v) is 13.6. The minimum atomic E-state index is 0.631. The summed E-state index contributed by atoms with van der Waals surface area (Å²) in [5, 5.41) is 0. The predicted molar refractivity (Wildman–Crippen MR) is 37.2 cm³/mol. The third-order valence-electron chi connectivity index (χ3n) is 0.697. The van der Waals surface area contributed by atoms with Crippen molar-refractivity contribution in [3.8, 4) is 0 Å². The fraction of sp³-hybridized carbons (Fsp3) is 1.00. The second kappa shape index (κ2) is 9.58. The van der Waals surface area contributed by atoms with Crippen LogP contribution in [0.15, 0.2) is 0 Å². The van der Waals surface area contributed by atoms with E-state index in [0.717, 1.165) is 0 Å². The maximum absolute atomic E-state index is 1.67. The Morgan fingerprint density at radius 3 is 1.71 bits per heavy atom. The molecule has 0 fully saturated rings. The van der Waals surface area contributed by atoms with Gasteiger partial charge in [-0.1, -0.05) is 0 Å². The molecule has 0 atom stereocenters. The monoisotopic (exact) mass is 348 g/mol. The average molecular weight is 343 g/mol. The van der Waals surface area contributed by atoms with Crippen LogP contribution in [0.3, 0.4) is 0 Å². The van der Waals surface area contributed by atoms with E-state index in [1.165, 1.54) is 0 Å². The summed E-state index contributed by atoms with van der Waals surface area (Å²) < 4.78 is 3.34. The van der Waals surface area contributed by atoms with E-state index in [0.29, 0.717) is 31.1 Å². The summed E-state index contributed by atoms with van der Waals surface area (Å²) in [5.74, 6) is 0. The molecule has 0 aliphatic rings. The predicted octanol–water partition coefficient (Wildman–Crippen LogP) is -0.212. The first-order valence-corrected chi connectivity index (χ1v) is 21.3. The Morgan fingerprint density at radius 1 is 1.00 bits per heavy atom. The van der Waals surface area contributed by atoms with Gasteiger partial charge in [0, 0.05) is 0 Å². The van der Waals surface area contributed by atoms with Gasteiger partial charge in [0.1, 0.15) is 0 Å². The molecule has 4 heteroatoms. The van der Waals surface area contributed by atoms with Crippen molar-refractivity contribution in [3.05, 3.63) is 0 Å². The summed E-state index contributed by atoms with van der Waals surface area (Å²) in [6, 6.07) is 0. The summed E-state index contributed by atoms with van der Waals surface area (Å²) in [7, 11) is 0. The van der Waals surface area contributed by atoms with E-state index in [-0.39, 0.29) is 0 Å². The van der Waals surface area contributed by atoms with Crippen LogP contribution in [-0.2, 0) is 0 Å². The molecule has 0 aromatic heterocycles. The second-order valence-electron chi connectivity index (χ2n) is 1.34. The van der Waals surface area contributed by atoms with Gasteiger partial charge in [-0.05, 0) is 0 Å². The zero-order chi connectivity index (χ0) is 5.54. The summed E-state index contributed by atoms with van der Waals surface area (Å²) in [6.07, 6.45) is 1.62. The van der Waals surface area contributed by atoms with E-state index in [9.17, 15) is 0 Å². The van der Waals surface area contributed by atoms with Gasteiger partial charge in [-0.2, -0.15) is 0 Å². The first-order chi connectivity index (χ1) is 3.41. The first kappa shape index (κ1) is 10.6. The minimum absolute atomic E-state index is 0.631. The van der Waals surface area contributed by atoms with Crippen molar-refractivity contribution in [2.45, 2.75) is 15.4 Å². The van der Waals surface area contributed by atoms with Gasteiger partial charge in [-0.3, -0.25) is 0 Å². The Bertz CT molecular complexity index is 30.1. The van der Waals surface area contributed by atoms with Crippen molar-refractivity contribution in [1.82, 2.24) is 0 Å². The van der Waals surface area contributed by atoms with Crippen LogP contribution in [0.4, 0.5) is 0 Å². The normalized spacial score (nSPS) is 9.71. The van der Waals surface area contributed by atoms with E-state index in [2.05, 4.69) is 0 Å². The van der Waals surface area contributed by atoms with Crippen LogP contribution in [-0.4, -0.2) is 78.1 Å². The third-order valence-corrected chi connectivity index (χ3v) is 10.2. The van der Waals surface area contributed by atoms with Crippen LogP contribution in [0.1, 0.15) is 6.42 Å². The number of hydrogen-bond acceptors (Lipinski definition) is 0. The van der Waals surface area contributed by atoms with E-state index >= 15 is 0 Å². The summed E-state index contributed by atoms with van der Waals surface area (Å²) in [4.78, 5) is 0. The SMILES string of the molecule is [Na][Te]CCC[Te][Na]. The van der Waals surface area contributed by atoms with Gasteiger partial charge in [-0.25, -0.2) is 0 Å². The molecular formula is C3H6Na2Te2. The maximum atomic E-state index is 1.67. The zero-order valence-electron chi connectivity index (χ0n) is 4.94. The van der Waals surface area contributed by atoms with Crippen molar-refractivity contribution in [1.29, 1.82) is 0 Å². The Hall–Kier alpha value is 3.58. The van der Waals surface area contributed by atoms with E-state index in [4.69, 9.17) is 0 Å². The van der Waals surface area contributed by atoms with Crippen molar-refractivity contribution in [3.63, 3.8) is 0 Å². The first-order valence-electron chi connectivity index (χ1n) is 2.39. The number of rotatable bonds is 4. The standard InChI is InChI=1S/C3H8Te2.2Na/c4-2-1-3-5;;/h4-5H,1-3H2;;/q;2*+1/p-2. The molecule has 0 N–H and O–H groups in total. The van der Waals surface area contributed by atoms with Crippen LogP contribution >= 0.6 is 0 Å². The molecule has 0 rings (SSSR count). The van der Waals surface area contributed by atoms with Gasteiger partial charge in [0.15, 0.2) is 0 Å². The number of hydrogen-bond donors (Lipinski definition) is 0. The quantitative estimate of drug-likeness (QED) is 0.490. The van der Waals surface area contributed by atoms with Gasteiger partial charge >= 0.3 is 93.5 Å². The molecule has 0 saturated carbocycles. The molecule has 7 heavy (non-hydrogen) atoms. The summed E-state index contributed by atoms with van der Waals surface area (Å²) in [6.45, 7) is 0. The Kier molecular flexibility index (Phi) is 14.5. The van der Waals surface area contributed by atoms with E-state index in [1.807, 2.05) is 0 Å². The van der Waals surface area contributed by atoms with E-state index in [1.54, 1.807) is 62.4 Å². The molecule has 0 aliphatic carbocycles. The fourth-order valence-corrected chi connectivity index (χ4v) is 8.46. The molecule has 0 unspecified atom stereocenters. The van der Waals surface area contributed by atoms with E-state index < -0.39 is 0 Å². The van der Waals surface area contributed by atoms with Gasteiger partial charge in [0.2, 0.25) is 0 Å². The van der Waals surface area contributed by atoms with Crippen molar-refractivity contribution in [2.24, 2.45) is 0 Å². The van der Waals surface area contributed by atoms with Crippen LogP contribution in [0.2, 0.25) is 8.94 Å². The molecule has 0 aromatic rings. The van der Waals surface area contributed by atoms with Crippen molar-refractivity contribution >= 4 is 78.1 Å². The van der Waals surface area contributed by atoms with Crippen LogP contribution in [0.25, 0.3) is 0 Å². The third kappa shape index (κ3) is 9.58. The Labute approximate surface area is 90.8 Å². The second-order valence-corrected chi connectivity index (χ2v) is 14.7. The fourth-order valence-electron chi connectivity index (χ4n) is 0.348. The molecule has 0 amide bonds. The van der Waals surface area contributed by atoms with Gasteiger partial charge in [0.25, 0.3) is 0 Å². The van der Waals surface area contributed by atoms with Crippen molar-refractivity contribution in [2.75, 3.05) is 0 Å². The van der Waals surface area contributed by atoms with Crippen LogP contribution in [0, 0.1) is 0 Å². The molecule has 0 aliphatic heterocycles. The molecule has 0 bridgehead atoms. The molecule has 0 saturated heterocycles. The molecule has 0 spiro atoms.